The monoisotopic (exact) mass is 589 g/mol. The number of amides is 2. The Morgan fingerprint density at radius 1 is 0.795 bits per heavy atom. The van der Waals surface area contributed by atoms with E-state index in [-0.39, 0.29) is 23.3 Å². The van der Waals surface area contributed by atoms with E-state index in [0.29, 0.717) is 41.3 Å². The molecule has 0 bridgehead atoms. The zero-order chi connectivity index (χ0) is 31.1. The molecule has 7 nitrogen and oxygen atoms in total. The second-order valence-electron chi connectivity index (χ2n) is 11.5. The number of carbonyl (C=O) groups excluding carboxylic acids is 3. The Hall–Kier alpha value is -4.59. The van der Waals surface area contributed by atoms with Crippen LogP contribution in [0.25, 0.3) is 11.1 Å². The minimum atomic E-state index is -0.823. The van der Waals surface area contributed by atoms with Gasteiger partial charge in [0.2, 0.25) is 0 Å². The molecule has 1 aliphatic carbocycles. The number of carbonyl (C=O) groups is 3. The summed E-state index contributed by atoms with van der Waals surface area (Å²) < 4.78 is 0. The molecule has 1 aliphatic rings. The SMILES string of the molecule is CC(=O)c1ccccc1-c1cc(C(=O)N[C@@H](Cc2ccccc2)[C@H](O)CNC2CC2)cc(C(=O)N[C@H](C)c2ccccc2)c1. The van der Waals surface area contributed by atoms with Crippen LogP contribution in [0.15, 0.2) is 103 Å². The Kier molecular flexibility index (Phi) is 10.00. The minimum absolute atomic E-state index is 0.117. The molecule has 0 unspecified atom stereocenters. The number of benzene rings is 4. The van der Waals surface area contributed by atoms with E-state index in [1.807, 2.05) is 79.7 Å². The first kappa shape index (κ1) is 30.9. The number of rotatable bonds is 13. The van der Waals surface area contributed by atoms with Crippen molar-refractivity contribution in [1.29, 1.82) is 0 Å². The van der Waals surface area contributed by atoms with Gasteiger partial charge in [-0.1, -0.05) is 84.9 Å². The van der Waals surface area contributed by atoms with Crippen LogP contribution in [0.3, 0.4) is 0 Å². The van der Waals surface area contributed by atoms with Gasteiger partial charge >= 0.3 is 0 Å². The van der Waals surface area contributed by atoms with Crippen LogP contribution in [0.5, 0.6) is 0 Å². The molecule has 2 amide bonds. The molecule has 0 saturated heterocycles. The lowest BCUT2D eigenvalue weighted by Gasteiger charge is -2.25. The van der Waals surface area contributed by atoms with Crippen molar-refractivity contribution in [2.24, 2.45) is 0 Å². The average Bonchev–Trinajstić information content (AvgIpc) is 3.88. The highest BCUT2D eigenvalue weighted by Gasteiger charge is 2.27. The molecule has 7 heteroatoms. The van der Waals surface area contributed by atoms with Crippen LogP contribution in [-0.2, 0) is 6.42 Å². The summed E-state index contributed by atoms with van der Waals surface area (Å²) in [6, 6.07) is 31.1. The molecule has 0 aromatic heterocycles. The molecule has 5 rings (SSSR count). The first-order chi connectivity index (χ1) is 21.3. The molecule has 4 N–H and O–H groups in total. The third-order valence-corrected chi connectivity index (χ3v) is 7.99. The summed E-state index contributed by atoms with van der Waals surface area (Å²) in [6.45, 7) is 3.76. The molecule has 1 saturated carbocycles. The molecule has 0 heterocycles. The van der Waals surface area contributed by atoms with Gasteiger partial charge in [-0.3, -0.25) is 14.4 Å². The first-order valence-corrected chi connectivity index (χ1v) is 15.2. The van der Waals surface area contributed by atoms with E-state index in [1.165, 1.54) is 6.92 Å². The van der Waals surface area contributed by atoms with Crippen molar-refractivity contribution in [1.82, 2.24) is 16.0 Å². The molecule has 0 radical (unpaired) electrons. The summed E-state index contributed by atoms with van der Waals surface area (Å²) in [7, 11) is 0. The Morgan fingerprint density at radius 3 is 2.02 bits per heavy atom. The van der Waals surface area contributed by atoms with Gasteiger partial charge in [-0.05, 0) is 73.6 Å². The number of Topliss-reactive ketones (excluding diaryl/α,β-unsaturated/α-hetero) is 1. The van der Waals surface area contributed by atoms with Crippen molar-refractivity contribution in [3.05, 3.63) is 131 Å². The predicted octanol–water partition coefficient (Wildman–Crippen LogP) is 5.50. The maximum atomic E-state index is 13.9. The molecule has 4 aromatic rings. The molecule has 4 aromatic carbocycles. The smallest absolute Gasteiger partial charge is 0.251 e. The Bertz CT molecular complexity index is 1600. The molecular formula is C37H39N3O4. The fraction of sp³-hybridized carbons (Fsp3) is 0.270. The molecule has 0 spiro atoms. The standard InChI is InChI=1S/C37H39N3O4/c1-24(27-13-7-4-8-14-27)39-36(43)29-20-28(33-16-10-9-15-32(33)25(2)41)21-30(22-29)37(44)40-34(19-26-11-5-3-6-12-26)35(42)23-38-31-17-18-31/h3-16,20-22,24,31,34-35,38,42H,17-19,23H2,1-2H3,(H,39,43)(H,40,44)/t24-,34+,35-/m1/s1. The maximum Gasteiger partial charge on any atom is 0.251 e. The van der Waals surface area contributed by atoms with Crippen LogP contribution < -0.4 is 16.0 Å². The quantitative estimate of drug-likeness (QED) is 0.154. The second kappa shape index (κ2) is 14.3. The number of ketones is 1. The molecular weight excluding hydrogens is 550 g/mol. The van der Waals surface area contributed by atoms with Gasteiger partial charge < -0.3 is 21.1 Å². The van der Waals surface area contributed by atoms with Crippen molar-refractivity contribution in [2.45, 2.75) is 57.3 Å². The Morgan fingerprint density at radius 2 is 1.39 bits per heavy atom. The first-order valence-electron chi connectivity index (χ1n) is 15.2. The summed E-state index contributed by atoms with van der Waals surface area (Å²) >= 11 is 0. The van der Waals surface area contributed by atoms with Gasteiger partial charge in [0.05, 0.1) is 18.2 Å². The van der Waals surface area contributed by atoms with Crippen LogP contribution in [0.1, 0.15) is 74.9 Å². The summed E-state index contributed by atoms with van der Waals surface area (Å²) in [4.78, 5) is 39.9. The van der Waals surface area contributed by atoms with Gasteiger partial charge in [-0.2, -0.15) is 0 Å². The van der Waals surface area contributed by atoms with Crippen molar-refractivity contribution < 1.29 is 19.5 Å². The highest BCUT2D eigenvalue weighted by Crippen LogP contribution is 2.27. The number of nitrogens with one attached hydrogen (secondary N) is 3. The van der Waals surface area contributed by atoms with Gasteiger partial charge in [0.25, 0.3) is 11.8 Å². The van der Waals surface area contributed by atoms with E-state index in [9.17, 15) is 19.5 Å². The van der Waals surface area contributed by atoms with E-state index in [2.05, 4.69) is 16.0 Å². The highest BCUT2D eigenvalue weighted by molar-refractivity contribution is 6.04. The van der Waals surface area contributed by atoms with Crippen molar-refractivity contribution in [3.63, 3.8) is 0 Å². The lowest BCUT2D eigenvalue weighted by molar-refractivity contribution is 0.0830. The normalized spacial score (nSPS) is 14.7. The van der Waals surface area contributed by atoms with Crippen LogP contribution in [0, 0.1) is 0 Å². The summed E-state index contributed by atoms with van der Waals surface area (Å²) in [5, 5.41) is 20.6. The Labute approximate surface area is 258 Å². The summed E-state index contributed by atoms with van der Waals surface area (Å²) in [6.07, 6.45) is 1.79. The second-order valence-corrected chi connectivity index (χ2v) is 11.5. The van der Waals surface area contributed by atoms with Gasteiger partial charge in [-0.15, -0.1) is 0 Å². The lowest BCUT2D eigenvalue weighted by atomic mass is 9.93. The van der Waals surface area contributed by atoms with Crippen molar-refractivity contribution >= 4 is 17.6 Å². The highest BCUT2D eigenvalue weighted by atomic mass is 16.3. The van der Waals surface area contributed by atoms with E-state index in [0.717, 1.165) is 24.0 Å². The zero-order valence-corrected chi connectivity index (χ0v) is 25.1. The van der Waals surface area contributed by atoms with Crippen LogP contribution in [-0.4, -0.2) is 47.4 Å². The summed E-state index contributed by atoms with van der Waals surface area (Å²) in [5.41, 5.74) is 4.21. The Balaban J connectivity index is 1.47. The number of hydrogen-bond acceptors (Lipinski definition) is 5. The third kappa shape index (κ3) is 8.07. The van der Waals surface area contributed by atoms with Gasteiger partial charge in [-0.25, -0.2) is 0 Å². The lowest BCUT2D eigenvalue weighted by Crippen LogP contribution is -2.49. The molecule has 44 heavy (non-hydrogen) atoms. The summed E-state index contributed by atoms with van der Waals surface area (Å²) in [5.74, 6) is -0.871. The van der Waals surface area contributed by atoms with Crippen molar-refractivity contribution in [3.8, 4) is 11.1 Å². The fourth-order valence-electron chi connectivity index (χ4n) is 5.31. The third-order valence-electron chi connectivity index (χ3n) is 7.99. The topological polar surface area (TPSA) is 108 Å². The van der Waals surface area contributed by atoms with Crippen LogP contribution in [0.2, 0.25) is 0 Å². The maximum absolute atomic E-state index is 13.9. The van der Waals surface area contributed by atoms with Crippen LogP contribution in [0.4, 0.5) is 0 Å². The molecule has 1 fully saturated rings. The number of aliphatic hydroxyl groups excluding tert-OH is 1. The van der Waals surface area contributed by atoms with E-state index < -0.39 is 18.1 Å². The fourth-order valence-corrected chi connectivity index (χ4v) is 5.31. The van der Waals surface area contributed by atoms with Crippen LogP contribution >= 0.6 is 0 Å². The average molecular weight is 590 g/mol. The van der Waals surface area contributed by atoms with Gasteiger partial charge in [0.1, 0.15) is 0 Å². The predicted molar refractivity (Wildman–Crippen MR) is 173 cm³/mol. The van der Waals surface area contributed by atoms with Gasteiger partial charge in [0, 0.05) is 29.3 Å². The number of hydrogen-bond donors (Lipinski definition) is 4. The largest absolute Gasteiger partial charge is 0.390 e. The minimum Gasteiger partial charge on any atom is -0.390 e. The van der Waals surface area contributed by atoms with E-state index in [4.69, 9.17) is 0 Å². The zero-order valence-electron chi connectivity index (χ0n) is 25.1. The van der Waals surface area contributed by atoms with Crippen molar-refractivity contribution in [2.75, 3.05) is 6.54 Å². The number of aliphatic hydroxyl groups is 1. The van der Waals surface area contributed by atoms with Gasteiger partial charge in [0.15, 0.2) is 5.78 Å². The molecule has 3 atom stereocenters. The molecule has 226 valence electrons. The molecule has 0 aliphatic heterocycles. The van der Waals surface area contributed by atoms with E-state index >= 15 is 0 Å². The van der Waals surface area contributed by atoms with E-state index in [1.54, 1.807) is 30.3 Å².